The van der Waals surface area contributed by atoms with Crippen molar-refractivity contribution in [2.24, 2.45) is 0 Å². The lowest BCUT2D eigenvalue weighted by Gasteiger charge is -2.31. The van der Waals surface area contributed by atoms with Crippen LogP contribution in [0.15, 0.2) is 24.3 Å². The van der Waals surface area contributed by atoms with Gasteiger partial charge in [-0.3, -0.25) is 9.69 Å². The molecule has 2 atom stereocenters. The van der Waals surface area contributed by atoms with Gasteiger partial charge in [-0.05, 0) is 44.9 Å². The monoisotopic (exact) mass is 398 g/mol. The number of hydrogen-bond acceptors (Lipinski definition) is 4. The number of unbranched alkanes of at least 4 members (excludes halogenated alkanes) is 1. The van der Waals surface area contributed by atoms with Gasteiger partial charge in [-0.2, -0.15) is 0 Å². The first-order valence-electron chi connectivity index (χ1n) is 8.89. The average molecular weight is 399 g/mol. The van der Waals surface area contributed by atoms with Crippen molar-refractivity contribution in [2.45, 2.75) is 57.6 Å². The summed E-state index contributed by atoms with van der Waals surface area (Å²) in [4.78, 5) is 27.0. The van der Waals surface area contributed by atoms with Gasteiger partial charge in [0.25, 0.3) is 0 Å². The third kappa shape index (κ3) is 5.55. The molecule has 0 unspecified atom stereocenters. The molecule has 2 amide bonds. The quantitative estimate of drug-likeness (QED) is 0.736. The number of benzene rings is 1. The number of halogens is 1. The first-order chi connectivity index (χ1) is 12.2. The Morgan fingerprint density at radius 1 is 1.31 bits per heavy atom. The van der Waals surface area contributed by atoms with Crippen molar-refractivity contribution in [1.29, 1.82) is 0 Å². The van der Waals surface area contributed by atoms with E-state index in [0.717, 1.165) is 18.4 Å². The van der Waals surface area contributed by atoms with Crippen LogP contribution in [-0.2, 0) is 9.53 Å². The minimum atomic E-state index is -0.627. The van der Waals surface area contributed by atoms with Crippen molar-refractivity contribution in [1.82, 2.24) is 10.2 Å². The van der Waals surface area contributed by atoms with Gasteiger partial charge in [0.1, 0.15) is 17.0 Å². The second-order valence-electron chi connectivity index (χ2n) is 7.29. The predicted molar refractivity (Wildman–Crippen MR) is 106 cm³/mol. The fraction of sp³-hybridized carbons (Fsp3) is 0.579. The lowest BCUT2D eigenvalue weighted by atomic mass is 10.1. The Kier molecular flexibility index (Phi) is 7.24. The van der Waals surface area contributed by atoms with E-state index in [2.05, 4.69) is 12.2 Å². The second kappa shape index (κ2) is 9.00. The zero-order chi connectivity index (χ0) is 19.3. The van der Waals surface area contributed by atoms with E-state index in [0.29, 0.717) is 17.3 Å². The molecule has 1 aromatic carbocycles. The number of nitrogens with zero attached hydrogens (tertiary/aromatic N) is 1. The summed E-state index contributed by atoms with van der Waals surface area (Å²) >= 11 is 7.54. The summed E-state index contributed by atoms with van der Waals surface area (Å²) < 4.78 is 5.57. The highest BCUT2D eigenvalue weighted by molar-refractivity contribution is 7.99. The number of thioether (sulfide) groups is 1. The molecule has 7 heteroatoms. The van der Waals surface area contributed by atoms with E-state index in [1.54, 1.807) is 28.8 Å². The molecule has 2 rings (SSSR count). The maximum absolute atomic E-state index is 12.8. The zero-order valence-electron chi connectivity index (χ0n) is 15.8. The Labute approximate surface area is 164 Å². The highest BCUT2D eigenvalue weighted by atomic mass is 35.5. The van der Waals surface area contributed by atoms with Crippen molar-refractivity contribution < 1.29 is 14.3 Å². The minimum absolute atomic E-state index is 0.131. The number of carbonyl (C=O) groups is 2. The minimum Gasteiger partial charge on any atom is -0.444 e. The average Bonchev–Trinajstić information content (AvgIpc) is 2.99. The van der Waals surface area contributed by atoms with Crippen LogP contribution in [0.1, 0.15) is 51.5 Å². The molecule has 0 radical (unpaired) electrons. The second-order valence-corrected chi connectivity index (χ2v) is 8.83. The fourth-order valence-electron chi connectivity index (χ4n) is 2.64. The third-order valence-electron chi connectivity index (χ3n) is 3.89. The molecule has 0 aliphatic carbocycles. The van der Waals surface area contributed by atoms with Gasteiger partial charge in [0.15, 0.2) is 0 Å². The summed E-state index contributed by atoms with van der Waals surface area (Å²) in [5.41, 5.74) is 0.298. The molecule has 26 heavy (non-hydrogen) atoms. The molecule has 1 aromatic rings. The van der Waals surface area contributed by atoms with Crippen LogP contribution in [0.2, 0.25) is 5.02 Å². The number of carbonyl (C=O) groups excluding carboxylic acids is 2. The van der Waals surface area contributed by atoms with Gasteiger partial charge in [-0.25, -0.2) is 4.79 Å². The van der Waals surface area contributed by atoms with Crippen molar-refractivity contribution in [3.05, 3.63) is 34.9 Å². The standard InChI is InChI=1S/C19H27ClN2O3S/c1-5-6-11-21-16(23)15-12-26-17(13-7-9-14(20)10-8-13)22(15)18(24)25-19(2,3)4/h7-10,15,17H,5-6,11-12H2,1-4H3,(H,21,23)/t15-,17+/m1/s1. The molecule has 0 spiro atoms. The zero-order valence-corrected chi connectivity index (χ0v) is 17.3. The van der Waals surface area contributed by atoms with E-state index in [4.69, 9.17) is 16.3 Å². The molecule has 5 nitrogen and oxygen atoms in total. The van der Waals surface area contributed by atoms with Crippen LogP contribution in [0.4, 0.5) is 4.79 Å². The number of ether oxygens (including phenoxy) is 1. The number of amides is 2. The van der Waals surface area contributed by atoms with Gasteiger partial charge in [0, 0.05) is 17.3 Å². The van der Waals surface area contributed by atoms with Crippen LogP contribution >= 0.6 is 23.4 Å². The van der Waals surface area contributed by atoms with Crippen LogP contribution in [0.5, 0.6) is 0 Å². The first-order valence-corrected chi connectivity index (χ1v) is 10.3. The van der Waals surface area contributed by atoms with Crippen LogP contribution in [-0.4, -0.2) is 40.8 Å². The lowest BCUT2D eigenvalue weighted by Crippen LogP contribution is -2.49. The van der Waals surface area contributed by atoms with Crippen molar-refractivity contribution in [3.63, 3.8) is 0 Å². The van der Waals surface area contributed by atoms with Crippen LogP contribution < -0.4 is 5.32 Å². The van der Waals surface area contributed by atoms with Crippen LogP contribution in [0.3, 0.4) is 0 Å². The molecule has 1 N–H and O–H groups in total. The number of nitrogens with one attached hydrogen (secondary N) is 1. The maximum Gasteiger partial charge on any atom is 0.412 e. The smallest absolute Gasteiger partial charge is 0.412 e. The van der Waals surface area contributed by atoms with Gasteiger partial charge < -0.3 is 10.1 Å². The Hall–Kier alpha value is -1.40. The van der Waals surface area contributed by atoms with Gasteiger partial charge in [0.05, 0.1) is 0 Å². The maximum atomic E-state index is 12.8. The fourth-order valence-corrected chi connectivity index (χ4v) is 4.18. The van der Waals surface area contributed by atoms with Crippen molar-refractivity contribution in [3.8, 4) is 0 Å². The van der Waals surface area contributed by atoms with Gasteiger partial charge in [0.2, 0.25) is 5.91 Å². The lowest BCUT2D eigenvalue weighted by molar-refractivity contribution is -0.125. The molecule has 1 fully saturated rings. The SMILES string of the molecule is CCCCNC(=O)[C@H]1CS[C@@H](c2ccc(Cl)cc2)N1C(=O)OC(C)(C)C. The highest BCUT2D eigenvalue weighted by Crippen LogP contribution is 2.42. The molecule has 0 saturated carbocycles. The molecular formula is C19H27ClN2O3S. The predicted octanol–water partition coefficient (Wildman–Crippen LogP) is 4.61. The normalized spacial score (nSPS) is 20.1. The molecular weight excluding hydrogens is 372 g/mol. The molecule has 0 bridgehead atoms. The summed E-state index contributed by atoms with van der Waals surface area (Å²) in [6.45, 7) is 8.15. The van der Waals surface area contributed by atoms with E-state index >= 15 is 0 Å². The van der Waals surface area contributed by atoms with Gasteiger partial charge >= 0.3 is 6.09 Å². The van der Waals surface area contributed by atoms with E-state index in [9.17, 15) is 9.59 Å². The summed E-state index contributed by atoms with van der Waals surface area (Å²) in [6.07, 6.45) is 1.44. The molecule has 1 aliphatic heterocycles. The van der Waals surface area contributed by atoms with Crippen LogP contribution in [0.25, 0.3) is 0 Å². The molecule has 1 saturated heterocycles. The molecule has 0 aromatic heterocycles. The topological polar surface area (TPSA) is 58.6 Å². The van der Waals surface area contributed by atoms with E-state index in [1.165, 1.54) is 0 Å². The van der Waals surface area contributed by atoms with Gasteiger partial charge in [-0.15, -0.1) is 11.8 Å². The largest absolute Gasteiger partial charge is 0.444 e. The first kappa shape index (κ1) is 20.9. The highest BCUT2D eigenvalue weighted by Gasteiger charge is 2.44. The Morgan fingerprint density at radius 2 is 1.96 bits per heavy atom. The summed E-state index contributed by atoms with van der Waals surface area (Å²) in [7, 11) is 0. The van der Waals surface area contributed by atoms with E-state index in [1.807, 2.05) is 32.9 Å². The summed E-state index contributed by atoms with van der Waals surface area (Å²) in [5.74, 6) is 0.401. The Balaban J connectivity index is 2.23. The summed E-state index contributed by atoms with van der Waals surface area (Å²) in [6, 6.07) is 6.80. The number of rotatable bonds is 5. The Bertz CT molecular complexity index is 631. The number of hydrogen-bond donors (Lipinski definition) is 1. The molecule has 144 valence electrons. The van der Waals surface area contributed by atoms with E-state index in [-0.39, 0.29) is 11.3 Å². The van der Waals surface area contributed by atoms with Gasteiger partial charge in [-0.1, -0.05) is 37.1 Å². The van der Waals surface area contributed by atoms with Crippen molar-refractivity contribution >= 4 is 35.4 Å². The molecule has 1 heterocycles. The third-order valence-corrected chi connectivity index (χ3v) is 5.47. The Morgan fingerprint density at radius 3 is 2.54 bits per heavy atom. The van der Waals surface area contributed by atoms with Crippen molar-refractivity contribution in [2.75, 3.05) is 12.3 Å². The summed E-state index contributed by atoms with van der Waals surface area (Å²) in [5, 5.41) is 3.29. The van der Waals surface area contributed by atoms with Crippen LogP contribution in [0, 0.1) is 0 Å². The molecule has 1 aliphatic rings. The van der Waals surface area contributed by atoms with E-state index < -0.39 is 17.7 Å².